The lowest BCUT2D eigenvalue weighted by Crippen LogP contribution is -2.32. The summed E-state index contributed by atoms with van der Waals surface area (Å²) in [5.41, 5.74) is 2.62. The summed E-state index contributed by atoms with van der Waals surface area (Å²) < 4.78 is 19.5. The number of hydrogen-bond acceptors (Lipinski definition) is 4. The number of nitrogens with zero attached hydrogens (tertiary/aromatic N) is 1. The molecule has 1 fully saturated rings. The smallest absolute Gasteiger partial charge is 0.240 e. The summed E-state index contributed by atoms with van der Waals surface area (Å²) in [6, 6.07) is 2.84. The van der Waals surface area contributed by atoms with E-state index in [2.05, 4.69) is 10.5 Å². The van der Waals surface area contributed by atoms with Crippen molar-refractivity contribution in [1.82, 2.24) is 5.43 Å². The Morgan fingerprint density at radius 3 is 2.86 bits per heavy atom. The average molecular weight is 327 g/mol. The van der Waals surface area contributed by atoms with E-state index in [1.54, 1.807) is 6.07 Å². The van der Waals surface area contributed by atoms with Crippen LogP contribution in [-0.2, 0) is 4.79 Å². The lowest BCUT2D eigenvalue weighted by atomic mass is 9.94. The first-order chi connectivity index (χ1) is 10.4. The molecule has 1 atom stereocenters. The largest absolute Gasteiger partial charge is 0.486 e. The van der Waals surface area contributed by atoms with Crippen LogP contribution in [0.2, 0.25) is 5.02 Å². The molecule has 2 N–H and O–H groups in total. The van der Waals surface area contributed by atoms with Crippen LogP contribution in [0.15, 0.2) is 17.2 Å². The van der Waals surface area contributed by atoms with Crippen molar-refractivity contribution >= 4 is 23.2 Å². The Labute approximate surface area is 132 Å². The predicted octanol–water partition coefficient (Wildman–Crippen LogP) is 2.24. The molecule has 22 heavy (non-hydrogen) atoms. The monoisotopic (exact) mass is 326 g/mol. The molecule has 3 rings (SSSR count). The van der Waals surface area contributed by atoms with E-state index in [1.807, 2.05) is 6.92 Å². The first-order valence-electron chi connectivity index (χ1n) is 7.09. The number of ether oxygens (including phenoxy) is 1. The molecule has 1 heterocycles. The van der Waals surface area contributed by atoms with E-state index in [0.29, 0.717) is 30.5 Å². The first kappa shape index (κ1) is 15.2. The second-order valence-electron chi connectivity index (χ2n) is 5.92. The Hall–Kier alpha value is -1.66. The number of nitrogens with one attached hydrogen (secondary N) is 1. The van der Waals surface area contributed by atoms with Crippen LogP contribution in [0.3, 0.4) is 0 Å². The third-order valence-corrected chi connectivity index (χ3v) is 4.15. The van der Waals surface area contributed by atoms with Gasteiger partial charge in [0.15, 0.2) is 11.6 Å². The Morgan fingerprint density at radius 1 is 1.55 bits per heavy atom. The molecule has 1 aliphatic carbocycles. The molecular formula is C15H16ClFN2O3. The SMILES string of the molecule is C[C@@H]1CC(=O)NN=C1c1cc(F)c(OCC2(O)CC2)c(Cl)c1. The van der Waals surface area contributed by atoms with Gasteiger partial charge in [0.25, 0.3) is 0 Å². The van der Waals surface area contributed by atoms with Gasteiger partial charge in [0, 0.05) is 17.9 Å². The highest BCUT2D eigenvalue weighted by atomic mass is 35.5. The van der Waals surface area contributed by atoms with Crippen LogP contribution < -0.4 is 10.2 Å². The lowest BCUT2D eigenvalue weighted by Gasteiger charge is -2.20. The molecular weight excluding hydrogens is 311 g/mol. The van der Waals surface area contributed by atoms with E-state index in [1.165, 1.54) is 6.07 Å². The Morgan fingerprint density at radius 2 is 2.27 bits per heavy atom. The summed E-state index contributed by atoms with van der Waals surface area (Å²) >= 11 is 6.09. The van der Waals surface area contributed by atoms with Crippen molar-refractivity contribution in [2.45, 2.75) is 31.8 Å². The normalized spacial score (nSPS) is 22.8. The highest BCUT2D eigenvalue weighted by molar-refractivity contribution is 6.32. The second kappa shape index (κ2) is 5.52. The van der Waals surface area contributed by atoms with Gasteiger partial charge in [0.05, 0.1) is 16.3 Å². The van der Waals surface area contributed by atoms with E-state index in [0.717, 1.165) is 0 Å². The van der Waals surface area contributed by atoms with E-state index in [4.69, 9.17) is 16.3 Å². The van der Waals surface area contributed by atoms with Crippen molar-refractivity contribution in [3.63, 3.8) is 0 Å². The highest BCUT2D eigenvalue weighted by Crippen LogP contribution is 2.37. The molecule has 1 aromatic rings. The van der Waals surface area contributed by atoms with Crippen molar-refractivity contribution in [2.75, 3.05) is 6.61 Å². The minimum absolute atomic E-state index is 0.0242. The fourth-order valence-electron chi connectivity index (χ4n) is 2.34. The fourth-order valence-corrected chi connectivity index (χ4v) is 2.61. The number of aliphatic hydroxyl groups is 1. The van der Waals surface area contributed by atoms with Crippen molar-refractivity contribution in [2.24, 2.45) is 11.0 Å². The number of hydrazone groups is 1. The maximum atomic E-state index is 14.2. The van der Waals surface area contributed by atoms with Crippen LogP contribution >= 0.6 is 11.6 Å². The standard InChI is InChI=1S/C15H16ClFN2O3/c1-8-4-12(20)18-19-13(8)9-5-10(16)14(11(17)6-9)22-7-15(21)2-3-15/h5-6,8,21H,2-4,7H2,1H3,(H,18,20)/t8-/m1/s1. The number of hydrogen-bond donors (Lipinski definition) is 2. The molecule has 1 aromatic carbocycles. The van der Waals surface area contributed by atoms with Gasteiger partial charge in [-0.2, -0.15) is 5.10 Å². The van der Waals surface area contributed by atoms with E-state index >= 15 is 0 Å². The van der Waals surface area contributed by atoms with E-state index < -0.39 is 11.4 Å². The quantitative estimate of drug-likeness (QED) is 0.891. The Bertz CT molecular complexity index is 635. The highest BCUT2D eigenvalue weighted by Gasteiger charge is 2.41. The molecule has 5 nitrogen and oxygen atoms in total. The molecule has 0 bridgehead atoms. The van der Waals surface area contributed by atoms with Gasteiger partial charge in [-0.15, -0.1) is 0 Å². The zero-order valence-electron chi connectivity index (χ0n) is 12.0. The molecule has 0 spiro atoms. The van der Waals surface area contributed by atoms with Gasteiger partial charge in [0.2, 0.25) is 5.91 Å². The van der Waals surface area contributed by atoms with Crippen LogP contribution in [0.1, 0.15) is 31.7 Å². The lowest BCUT2D eigenvalue weighted by molar-refractivity contribution is -0.121. The molecule has 0 radical (unpaired) electrons. The van der Waals surface area contributed by atoms with E-state index in [9.17, 15) is 14.3 Å². The molecule has 1 saturated carbocycles. The molecule has 118 valence electrons. The van der Waals surface area contributed by atoms with Gasteiger partial charge in [-0.05, 0) is 25.0 Å². The summed E-state index contributed by atoms with van der Waals surface area (Å²) in [6.07, 6.45) is 1.60. The van der Waals surface area contributed by atoms with Gasteiger partial charge in [-0.1, -0.05) is 18.5 Å². The van der Waals surface area contributed by atoms with Crippen LogP contribution in [0, 0.1) is 11.7 Å². The number of benzene rings is 1. The summed E-state index contributed by atoms with van der Waals surface area (Å²) in [4.78, 5) is 11.3. The third kappa shape index (κ3) is 3.08. The van der Waals surface area contributed by atoms with Crippen molar-refractivity contribution in [3.05, 3.63) is 28.5 Å². The molecule has 0 saturated heterocycles. The molecule has 1 aliphatic heterocycles. The van der Waals surface area contributed by atoms with Gasteiger partial charge in [-0.25, -0.2) is 9.82 Å². The predicted molar refractivity (Wildman–Crippen MR) is 79.5 cm³/mol. The number of rotatable bonds is 4. The van der Waals surface area contributed by atoms with Gasteiger partial charge in [0.1, 0.15) is 6.61 Å². The molecule has 7 heteroatoms. The van der Waals surface area contributed by atoms with Crippen molar-refractivity contribution in [1.29, 1.82) is 0 Å². The third-order valence-electron chi connectivity index (χ3n) is 3.87. The minimum atomic E-state index is -0.847. The van der Waals surface area contributed by atoms with Crippen LogP contribution in [0.4, 0.5) is 4.39 Å². The number of carbonyl (C=O) groups excluding carboxylic acids is 1. The zero-order valence-corrected chi connectivity index (χ0v) is 12.8. The maximum absolute atomic E-state index is 14.2. The summed E-state index contributed by atoms with van der Waals surface area (Å²) in [7, 11) is 0. The number of amides is 1. The minimum Gasteiger partial charge on any atom is -0.486 e. The molecule has 0 aromatic heterocycles. The summed E-state index contributed by atoms with van der Waals surface area (Å²) in [5.74, 6) is -0.971. The first-order valence-corrected chi connectivity index (χ1v) is 7.47. The molecule has 0 unspecified atom stereocenters. The van der Waals surface area contributed by atoms with Gasteiger partial charge >= 0.3 is 0 Å². The van der Waals surface area contributed by atoms with Crippen LogP contribution in [0.25, 0.3) is 0 Å². The van der Waals surface area contributed by atoms with Gasteiger partial charge < -0.3 is 9.84 Å². The second-order valence-corrected chi connectivity index (χ2v) is 6.33. The fraction of sp³-hybridized carbons (Fsp3) is 0.467. The van der Waals surface area contributed by atoms with Crippen LogP contribution in [-0.4, -0.2) is 28.9 Å². The van der Waals surface area contributed by atoms with Crippen molar-refractivity contribution < 1.29 is 19.0 Å². The molecule has 1 amide bonds. The van der Waals surface area contributed by atoms with Crippen LogP contribution in [0.5, 0.6) is 5.75 Å². The topological polar surface area (TPSA) is 70.9 Å². The Balaban J connectivity index is 1.84. The van der Waals surface area contributed by atoms with Gasteiger partial charge in [-0.3, -0.25) is 4.79 Å². The number of carbonyl (C=O) groups is 1. The van der Waals surface area contributed by atoms with Crippen molar-refractivity contribution in [3.8, 4) is 5.75 Å². The Kier molecular flexibility index (Phi) is 3.82. The maximum Gasteiger partial charge on any atom is 0.240 e. The molecule has 2 aliphatic rings. The summed E-state index contributed by atoms with van der Waals surface area (Å²) in [5, 5.41) is 13.8. The zero-order chi connectivity index (χ0) is 15.9. The number of halogens is 2. The summed E-state index contributed by atoms with van der Waals surface area (Å²) in [6.45, 7) is 1.87. The average Bonchev–Trinajstić information content (AvgIpc) is 3.15. The van der Waals surface area contributed by atoms with E-state index in [-0.39, 0.29) is 29.2 Å².